The van der Waals surface area contributed by atoms with Gasteiger partial charge >= 0.3 is 51.4 Å². The van der Waals surface area contributed by atoms with Crippen LogP contribution in [0.25, 0.3) is 5.73 Å². The molecule has 0 amide bonds. The normalized spacial score (nSPS) is 18.9. The molecule has 0 saturated carbocycles. The van der Waals surface area contributed by atoms with E-state index in [9.17, 15) is 0 Å². The minimum atomic E-state index is 0. The van der Waals surface area contributed by atoms with Gasteiger partial charge in [0.05, 0.1) is 0 Å². The summed E-state index contributed by atoms with van der Waals surface area (Å²) in [5, 5.41) is 1.86. The minimum Gasteiger partial charge on any atom is -0.677 e. The van der Waals surface area contributed by atoms with E-state index >= 15 is 0 Å². The molecule has 1 rings (SSSR count). The Kier molecular flexibility index (Phi) is 13.0. The molecule has 0 aliphatic carbocycles. The van der Waals surface area contributed by atoms with Crippen LogP contribution in [0.4, 0.5) is 0 Å². The van der Waals surface area contributed by atoms with Crippen LogP contribution < -0.4 is 57.2 Å². The van der Waals surface area contributed by atoms with Crippen molar-refractivity contribution in [2.24, 2.45) is 5.84 Å². The van der Waals surface area contributed by atoms with Crippen LogP contribution in [0.3, 0.4) is 0 Å². The second-order valence-electron chi connectivity index (χ2n) is 2.98. The van der Waals surface area contributed by atoms with Crippen molar-refractivity contribution < 1.29 is 51.4 Å². The first-order valence-electron chi connectivity index (χ1n) is 4.19. The predicted octanol–water partition coefficient (Wildman–Crippen LogP) is -2.63. The third kappa shape index (κ3) is 7.41. The number of nitrogens with one attached hydrogen (secondary N) is 1. The molecule has 0 unspecified atom stereocenters. The number of nitrogens with two attached hydrogens (primary N) is 1. The van der Waals surface area contributed by atoms with Crippen LogP contribution >= 0.6 is 0 Å². The molecule has 13 heavy (non-hydrogen) atoms. The molecule has 1 heterocycles. The zero-order valence-electron chi connectivity index (χ0n) is 8.92. The molecular weight excluding hydrogens is 191 g/mol. The fraction of sp³-hybridized carbons (Fsp3) is 0.875. The van der Waals surface area contributed by atoms with Gasteiger partial charge in [0.1, 0.15) is 0 Å². The molecule has 74 valence electrons. The van der Waals surface area contributed by atoms with Gasteiger partial charge in [0.15, 0.2) is 0 Å². The number of hydrogen-bond donors (Lipinski definition) is 1. The molecular formula is C8H20KN4-. The molecule has 0 radical (unpaired) electrons. The van der Waals surface area contributed by atoms with Crippen molar-refractivity contribution in [2.45, 2.75) is 6.42 Å². The van der Waals surface area contributed by atoms with E-state index < -0.39 is 0 Å². The number of rotatable bonds is 3. The standard InChI is InChI=1S/C7H17N4.CH3.K/c8-2-1-3-10-4-6-11(9)7-5-10;;/h8H,1-7,9H2;1H3;/q2*-1;+1. The fourth-order valence-electron chi connectivity index (χ4n) is 1.29. The summed E-state index contributed by atoms with van der Waals surface area (Å²) in [5.74, 6) is 5.60. The summed E-state index contributed by atoms with van der Waals surface area (Å²) in [5.41, 5.74) is 7.00. The molecule has 0 spiro atoms. The maximum absolute atomic E-state index is 7.00. The van der Waals surface area contributed by atoms with Crippen molar-refractivity contribution >= 4 is 0 Å². The SMILES string of the molecule is [CH3-].[K+].[NH-]CCCN1CCN(N)CC1. The largest absolute Gasteiger partial charge is 1.00 e. The van der Waals surface area contributed by atoms with Crippen LogP contribution in [0.1, 0.15) is 6.42 Å². The van der Waals surface area contributed by atoms with E-state index in [0.717, 1.165) is 39.1 Å². The van der Waals surface area contributed by atoms with Crippen molar-refractivity contribution in [2.75, 3.05) is 39.3 Å². The van der Waals surface area contributed by atoms with Gasteiger partial charge in [-0.25, -0.2) is 5.01 Å². The third-order valence-corrected chi connectivity index (χ3v) is 2.06. The van der Waals surface area contributed by atoms with Crippen molar-refractivity contribution in [1.29, 1.82) is 0 Å². The van der Waals surface area contributed by atoms with E-state index in [2.05, 4.69) is 4.90 Å². The molecule has 1 fully saturated rings. The summed E-state index contributed by atoms with van der Waals surface area (Å²) in [6.45, 7) is 5.68. The van der Waals surface area contributed by atoms with E-state index in [-0.39, 0.29) is 58.8 Å². The molecule has 4 nitrogen and oxygen atoms in total. The zero-order valence-corrected chi connectivity index (χ0v) is 12.0. The first kappa shape index (κ1) is 16.9. The summed E-state index contributed by atoms with van der Waals surface area (Å²) in [6, 6.07) is 0. The van der Waals surface area contributed by atoms with Gasteiger partial charge in [-0.3, -0.25) is 5.84 Å². The maximum atomic E-state index is 7.00. The summed E-state index contributed by atoms with van der Waals surface area (Å²) in [7, 11) is 0. The Morgan fingerprint density at radius 3 is 2.15 bits per heavy atom. The molecule has 1 aliphatic heterocycles. The fourth-order valence-corrected chi connectivity index (χ4v) is 1.29. The van der Waals surface area contributed by atoms with Crippen LogP contribution in [0.5, 0.6) is 0 Å². The van der Waals surface area contributed by atoms with Gasteiger partial charge in [-0.1, -0.05) is 6.42 Å². The summed E-state index contributed by atoms with van der Waals surface area (Å²) in [4.78, 5) is 2.37. The molecule has 1 saturated heterocycles. The Hall–Kier alpha value is 1.48. The van der Waals surface area contributed by atoms with Crippen molar-refractivity contribution in [1.82, 2.24) is 9.91 Å². The molecule has 0 bridgehead atoms. The van der Waals surface area contributed by atoms with Crippen molar-refractivity contribution in [3.63, 3.8) is 0 Å². The summed E-state index contributed by atoms with van der Waals surface area (Å²) < 4.78 is 0. The molecule has 0 aromatic carbocycles. The van der Waals surface area contributed by atoms with Crippen LogP contribution in [0.2, 0.25) is 0 Å². The van der Waals surface area contributed by atoms with Gasteiger partial charge < -0.3 is 18.1 Å². The summed E-state index contributed by atoms with van der Waals surface area (Å²) in [6.07, 6.45) is 0.991. The molecule has 1 aliphatic rings. The smallest absolute Gasteiger partial charge is 0.677 e. The van der Waals surface area contributed by atoms with Crippen molar-refractivity contribution in [3.05, 3.63) is 13.2 Å². The molecule has 0 aromatic heterocycles. The first-order chi connectivity index (χ1) is 5.33. The van der Waals surface area contributed by atoms with Crippen LogP contribution in [0, 0.1) is 7.43 Å². The van der Waals surface area contributed by atoms with Gasteiger partial charge in [-0.05, 0) is 6.54 Å². The Balaban J connectivity index is 0. The number of nitrogens with zero attached hydrogens (tertiary/aromatic N) is 2. The number of hydrogen-bond acceptors (Lipinski definition) is 3. The topological polar surface area (TPSA) is 56.3 Å². The van der Waals surface area contributed by atoms with Gasteiger partial charge in [-0.15, -0.1) is 6.54 Å². The van der Waals surface area contributed by atoms with Gasteiger partial charge in [-0.2, -0.15) is 0 Å². The van der Waals surface area contributed by atoms with Gasteiger partial charge in [0, 0.05) is 26.2 Å². The Bertz CT molecular complexity index is 102. The molecule has 0 atom stereocenters. The van der Waals surface area contributed by atoms with E-state index in [1.54, 1.807) is 0 Å². The minimum absolute atomic E-state index is 0. The second kappa shape index (κ2) is 10.0. The van der Waals surface area contributed by atoms with E-state index in [4.69, 9.17) is 11.6 Å². The molecule has 5 heteroatoms. The number of hydrazine groups is 1. The van der Waals surface area contributed by atoms with Gasteiger partial charge in [0.25, 0.3) is 0 Å². The quantitative estimate of drug-likeness (QED) is 0.316. The monoisotopic (exact) mass is 211 g/mol. The Morgan fingerprint density at radius 1 is 1.15 bits per heavy atom. The maximum Gasteiger partial charge on any atom is 1.00 e. The average molecular weight is 211 g/mol. The molecule has 3 N–H and O–H groups in total. The number of piperazine rings is 1. The average Bonchev–Trinajstić information content (AvgIpc) is 2.04. The van der Waals surface area contributed by atoms with Crippen molar-refractivity contribution in [3.8, 4) is 0 Å². The summed E-state index contributed by atoms with van der Waals surface area (Å²) >= 11 is 0. The first-order valence-corrected chi connectivity index (χ1v) is 4.19. The third-order valence-electron chi connectivity index (χ3n) is 2.06. The van der Waals surface area contributed by atoms with Gasteiger partial charge in [0.2, 0.25) is 0 Å². The van der Waals surface area contributed by atoms with Crippen LogP contribution in [0.15, 0.2) is 0 Å². The predicted molar refractivity (Wildman–Crippen MR) is 52.4 cm³/mol. The molecule has 0 aromatic rings. The Labute approximate surface area is 124 Å². The zero-order chi connectivity index (χ0) is 8.10. The Morgan fingerprint density at radius 2 is 1.69 bits per heavy atom. The van der Waals surface area contributed by atoms with E-state index in [1.165, 1.54) is 0 Å². The van der Waals surface area contributed by atoms with Crippen LogP contribution in [-0.4, -0.2) is 49.2 Å². The van der Waals surface area contributed by atoms with Crippen LogP contribution in [-0.2, 0) is 0 Å². The van der Waals surface area contributed by atoms with E-state index in [1.807, 2.05) is 5.01 Å². The second-order valence-corrected chi connectivity index (χ2v) is 2.98. The van der Waals surface area contributed by atoms with E-state index in [0.29, 0.717) is 6.54 Å².